The van der Waals surface area contributed by atoms with E-state index in [9.17, 15) is 9.59 Å². The third kappa shape index (κ3) is 1.64. The Labute approximate surface area is 120 Å². The maximum absolute atomic E-state index is 12.7. The number of Topliss-reactive ketones (excluding diaryl/α,β-unsaturated/α-hetero) is 1. The second kappa shape index (κ2) is 5.01. The van der Waals surface area contributed by atoms with Gasteiger partial charge in [-0.25, -0.2) is 0 Å². The second-order valence-corrected chi connectivity index (χ2v) is 6.53. The lowest BCUT2D eigenvalue weighted by molar-refractivity contribution is -0.163. The molecule has 0 amide bonds. The Hall–Kier alpha value is -1.12. The summed E-state index contributed by atoms with van der Waals surface area (Å²) in [7, 11) is 0. The SMILES string of the molecule is CCCC[C@H]1CC(=O)[C@@H]2[C@@H]3C=C[C@@H](C3)[C@]12C(=O)OCC. The molecule has 0 aromatic heterocycles. The third-order valence-corrected chi connectivity index (χ3v) is 5.68. The molecule has 2 saturated carbocycles. The first-order valence-electron chi connectivity index (χ1n) is 8.04. The van der Waals surface area contributed by atoms with Gasteiger partial charge in [-0.1, -0.05) is 31.9 Å². The lowest BCUT2D eigenvalue weighted by Crippen LogP contribution is -2.45. The molecule has 0 N–H and O–H groups in total. The van der Waals surface area contributed by atoms with E-state index in [2.05, 4.69) is 19.1 Å². The molecule has 110 valence electrons. The zero-order valence-corrected chi connectivity index (χ0v) is 12.4. The molecule has 2 fully saturated rings. The van der Waals surface area contributed by atoms with Crippen LogP contribution in [0.4, 0.5) is 0 Å². The van der Waals surface area contributed by atoms with E-state index in [0.717, 1.165) is 25.7 Å². The van der Waals surface area contributed by atoms with Gasteiger partial charge < -0.3 is 4.74 Å². The van der Waals surface area contributed by atoms with E-state index in [1.807, 2.05) is 6.92 Å². The van der Waals surface area contributed by atoms with Gasteiger partial charge in [-0.2, -0.15) is 0 Å². The Kier molecular flexibility index (Phi) is 3.47. The predicted molar refractivity (Wildman–Crippen MR) is 75.9 cm³/mol. The van der Waals surface area contributed by atoms with Crippen LogP contribution in [0.25, 0.3) is 0 Å². The van der Waals surface area contributed by atoms with E-state index in [0.29, 0.717) is 18.8 Å². The summed E-state index contributed by atoms with van der Waals surface area (Å²) in [5.74, 6) is 0.801. The number of allylic oxidation sites excluding steroid dienone is 2. The predicted octanol–water partition coefficient (Wildman–Crippen LogP) is 3.14. The molecule has 5 atom stereocenters. The quantitative estimate of drug-likeness (QED) is 0.572. The van der Waals surface area contributed by atoms with Gasteiger partial charge in [-0.3, -0.25) is 9.59 Å². The van der Waals surface area contributed by atoms with Crippen LogP contribution in [0.15, 0.2) is 12.2 Å². The van der Waals surface area contributed by atoms with Crippen LogP contribution in [0.5, 0.6) is 0 Å². The number of fused-ring (bicyclic) bond motifs is 5. The number of hydrogen-bond donors (Lipinski definition) is 0. The Bertz CT molecular complexity index is 453. The molecular formula is C17H24O3. The van der Waals surface area contributed by atoms with Crippen LogP contribution in [0.3, 0.4) is 0 Å². The molecule has 3 rings (SSSR count). The van der Waals surface area contributed by atoms with Crippen molar-refractivity contribution in [1.29, 1.82) is 0 Å². The van der Waals surface area contributed by atoms with Crippen molar-refractivity contribution in [2.24, 2.45) is 29.1 Å². The minimum absolute atomic E-state index is 0.0987. The minimum Gasteiger partial charge on any atom is -0.466 e. The Morgan fingerprint density at radius 1 is 1.40 bits per heavy atom. The summed E-state index contributed by atoms with van der Waals surface area (Å²) < 4.78 is 5.42. The fraction of sp³-hybridized carbons (Fsp3) is 0.765. The first-order valence-corrected chi connectivity index (χ1v) is 8.04. The lowest BCUT2D eigenvalue weighted by Gasteiger charge is -2.38. The molecule has 0 aromatic carbocycles. The largest absolute Gasteiger partial charge is 0.466 e. The molecule has 2 bridgehead atoms. The van der Waals surface area contributed by atoms with Crippen LogP contribution in [0.1, 0.15) is 46.0 Å². The van der Waals surface area contributed by atoms with E-state index in [1.165, 1.54) is 0 Å². The maximum atomic E-state index is 12.7. The van der Waals surface area contributed by atoms with Crippen LogP contribution in [-0.2, 0) is 14.3 Å². The van der Waals surface area contributed by atoms with Crippen molar-refractivity contribution in [2.75, 3.05) is 6.61 Å². The standard InChI is InChI=1S/C17H24O3/c1-3-5-6-12-10-14(18)15-11-7-8-13(9-11)17(12,15)16(19)20-4-2/h7-8,11-13,15H,3-6,9-10H2,1-2H3/t11-,12+,13+,15+,17-/m1/s1. The number of carbonyl (C=O) groups excluding carboxylic acids is 2. The average molecular weight is 276 g/mol. The average Bonchev–Trinajstić information content (AvgIpc) is 3.08. The topological polar surface area (TPSA) is 43.4 Å². The molecule has 0 unspecified atom stereocenters. The Balaban J connectivity index is 1.98. The number of ketones is 1. The van der Waals surface area contributed by atoms with Gasteiger partial charge in [0.25, 0.3) is 0 Å². The minimum atomic E-state index is -0.526. The van der Waals surface area contributed by atoms with E-state index in [-0.39, 0.29) is 29.6 Å². The van der Waals surface area contributed by atoms with Gasteiger partial charge in [0.05, 0.1) is 12.0 Å². The number of carbonyl (C=O) groups is 2. The molecule has 20 heavy (non-hydrogen) atoms. The number of hydrogen-bond acceptors (Lipinski definition) is 3. The van der Waals surface area contributed by atoms with Crippen molar-refractivity contribution in [2.45, 2.75) is 46.0 Å². The van der Waals surface area contributed by atoms with Gasteiger partial charge in [0, 0.05) is 12.3 Å². The number of unbranched alkanes of at least 4 members (excludes halogenated alkanes) is 1. The molecule has 0 heterocycles. The van der Waals surface area contributed by atoms with Gasteiger partial charge in [0.2, 0.25) is 0 Å². The molecule has 0 radical (unpaired) electrons. The van der Waals surface area contributed by atoms with E-state index >= 15 is 0 Å². The number of esters is 1. The number of rotatable bonds is 5. The molecule has 0 spiro atoms. The highest BCUT2D eigenvalue weighted by atomic mass is 16.5. The van der Waals surface area contributed by atoms with Crippen molar-refractivity contribution in [3.05, 3.63) is 12.2 Å². The molecular weight excluding hydrogens is 252 g/mol. The Morgan fingerprint density at radius 3 is 2.90 bits per heavy atom. The van der Waals surface area contributed by atoms with Crippen molar-refractivity contribution in [3.63, 3.8) is 0 Å². The summed E-state index contributed by atoms with van der Waals surface area (Å²) in [6.45, 7) is 4.42. The zero-order chi connectivity index (χ0) is 14.3. The van der Waals surface area contributed by atoms with Crippen LogP contribution in [-0.4, -0.2) is 18.4 Å². The van der Waals surface area contributed by atoms with E-state index in [4.69, 9.17) is 4.74 Å². The summed E-state index contributed by atoms with van der Waals surface area (Å²) in [5, 5.41) is 0. The van der Waals surface area contributed by atoms with Crippen LogP contribution in [0.2, 0.25) is 0 Å². The highest BCUT2D eigenvalue weighted by Gasteiger charge is 2.70. The second-order valence-electron chi connectivity index (χ2n) is 6.53. The van der Waals surface area contributed by atoms with Crippen molar-refractivity contribution < 1.29 is 14.3 Å². The molecule has 0 aliphatic heterocycles. The van der Waals surface area contributed by atoms with E-state index < -0.39 is 5.41 Å². The van der Waals surface area contributed by atoms with Crippen LogP contribution in [0, 0.1) is 29.1 Å². The van der Waals surface area contributed by atoms with Gasteiger partial charge in [-0.05, 0) is 37.5 Å². The van der Waals surface area contributed by atoms with Crippen molar-refractivity contribution in [1.82, 2.24) is 0 Å². The summed E-state index contributed by atoms with van der Waals surface area (Å²) in [4.78, 5) is 25.2. The first-order chi connectivity index (χ1) is 9.66. The molecule has 3 nitrogen and oxygen atoms in total. The zero-order valence-electron chi connectivity index (χ0n) is 12.4. The lowest BCUT2D eigenvalue weighted by atomic mass is 9.64. The molecule has 0 aromatic rings. The van der Waals surface area contributed by atoms with Crippen molar-refractivity contribution >= 4 is 11.8 Å². The smallest absolute Gasteiger partial charge is 0.313 e. The van der Waals surface area contributed by atoms with Crippen molar-refractivity contribution in [3.8, 4) is 0 Å². The maximum Gasteiger partial charge on any atom is 0.313 e. The molecule has 3 aliphatic carbocycles. The summed E-state index contributed by atoms with van der Waals surface area (Å²) in [5.41, 5.74) is -0.526. The monoisotopic (exact) mass is 276 g/mol. The fourth-order valence-corrected chi connectivity index (χ4v) is 5.01. The fourth-order valence-electron chi connectivity index (χ4n) is 5.01. The molecule has 3 aliphatic rings. The summed E-state index contributed by atoms with van der Waals surface area (Å²) in [6, 6.07) is 0. The normalized spacial score (nSPS) is 41.2. The van der Waals surface area contributed by atoms with Gasteiger partial charge in [0.1, 0.15) is 5.78 Å². The van der Waals surface area contributed by atoms with Gasteiger partial charge in [-0.15, -0.1) is 0 Å². The molecule has 0 saturated heterocycles. The summed E-state index contributed by atoms with van der Waals surface area (Å²) >= 11 is 0. The summed E-state index contributed by atoms with van der Waals surface area (Å²) in [6.07, 6.45) is 9.07. The Morgan fingerprint density at radius 2 is 2.20 bits per heavy atom. The molecule has 3 heteroatoms. The first kappa shape index (κ1) is 13.8. The van der Waals surface area contributed by atoms with Gasteiger partial charge in [0.15, 0.2) is 0 Å². The van der Waals surface area contributed by atoms with Crippen LogP contribution >= 0.6 is 0 Å². The highest BCUT2D eigenvalue weighted by molar-refractivity contribution is 5.95. The van der Waals surface area contributed by atoms with Crippen LogP contribution < -0.4 is 0 Å². The highest BCUT2D eigenvalue weighted by Crippen LogP contribution is 2.66. The van der Waals surface area contributed by atoms with E-state index in [1.54, 1.807) is 0 Å². The third-order valence-electron chi connectivity index (χ3n) is 5.68. The number of ether oxygens (including phenoxy) is 1. The van der Waals surface area contributed by atoms with Gasteiger partial charge >= 0.3 is 5.97 Å².